The Balaban J connectivity index is 2.87. The van der Waals surface area contributed by atoms with Crippen molar-refractivity contribution in [2.24, 2.45) is 11.8 Å². The summed E-state index contributed by atoms with van der Waals surface area (Å²) in [6, 6.07) is 0. The molecule has 4 heteroatoms. The maximum absolute atomic E-state index is 12.9. The van der Waals surface area contributed by atoms with Crippen molar-refractivity contribution in [1.82, 2.24) is 0 Å². The van der Waals surface area contributed by atoms with E-state index in [0.29, 0.717) is 42.6 Å². The fourth-order valence-corrected chi connectivity index (χ4v) is 3.83. The van der Waals surface area contributed by atoms with E-state index in [4.69, 9.17) is 9.47 Å². The number of unbranched alkanes of at least 4 members (excludes halogenated alkanes) is 2. The number of hydrogen-bond acceptors (Lipinski definition) is 4. The van der Waals surface area contributed by atoms with Gasteiger partial charge in [-0.05, 0) is 56.9 Å². The van der Waals surface area contributed by atoms with Crippen molar-refractivity contribution >= 4 is 11.9 Å². The third kappa shape index (κ3) is 9.49. The van der Waals surface area contributed by atoms with Crippen LogP contribution in [0.4, 0.5) is 0 Å². The van der Waals surface area contributed by atoms with Crippen LogP contribution >= 0.6 is 0 Å². The smallest absolute Gasteiger partial charge is 0.338 e. The number of carbonyl (C=O) groups excluding carboxylic acids is 2. The Kier molecular flexibility index (Phi) is 13.5. The highest BCUT2D eigenvalue weighted by Gasteiger charge is 2.25. The number of esters is 2. The number of ether oxygens (including phenoxy) is 2. The molecule has 0 aromatic heterocycles. The Morgan fingerprint density at radius 3 is 1.90 bits per heavy atom. The molecule has 4 nitrogen and oxygen atoms in total. The van der Waals surface area contributed by atoms with Gasteiger partial charge in [0.05, 0.1) is 24.4 Å². The molecule has 0 amide bonds. The Morgan fingerprint density at radius 2 is 1.40 bits per heavy atom. The summed E-state index contributed by atoms with van der Waals surface area (Å²) in [4.78, 5) is 25.8. The largest absolute Gasteiger partial charge is 0.462 e. The minimum absolute atomic E-state index is 0.346. The van der Waals surface area contributed by atoms with Crippen LogP contribution in [-0.2, 0) is 19.1 Å². The van der Waals surface area contributed by atoms with Crippen LogP contribution in [0.3, 0.4) is 0 Å². The Labute approximate surface area is 184 Å². The molecule has 0 aromatic rings. The maximum atomic E-state index is 12.9. The molecule has 1 aliphatic carbocycles. The summed E-state index contributed by atoms with van der Waals surface area (Å²) in [5.41, 5.74) is 2.00. The highest BCUT2D eigenvalue weighted by molar-refractivity contribution is 6.02. The van der Waals surface area contributed by atoms with Crippen molar-refractivity contribution in [3.63, 3.8) is 0 Å². The Bertz CT molecular complexity index is 588. The molecule has 1 rings (SSSR count). The molecule has 0 saturated heterocycles. The van der Waals surface area contributed by atoms with Gasteiger partial charge < -0.3 is 9.47 Å². The van der Waals surface area contributed by atoms with Crippen molar-refractivity contribution in [2.45, 2.75) is 105 Å². The van der Waals surface area contributed by atoms with Gasteiger partial charge in [-0.15, -0.1) is 0 Å². The lowest BCUT2D eigenvalue weighted by atomic mass is 10.00. The summed E-state index contributed by atoms with van der Waals surface area (Å²) in [6.45, 7) is 11.5. The van der Waals surface area contributed by atoms with E-state index in [9.17, 15) is 9.59 Å². The van der Waals surface area contributed by atoms with E-state index >= 15 is 0 Å². The minimum atomic E-state index is -0.379. The summed E-state index contributed by atoms with van der Waals surface area (Å²) in [7, 11) is 0. The Morgan fingerprint density at radius 1 is 0.867 bits per heavy atom. The van der Waals surface area contributed by atoms with Crippen LogP contribution in [0.25, 0.3) is 0 Å². The molecule has 2 atom stereocenters. The zero-order valence-electron chi connectivity index (χ0n) is 20.1. The van der Waals surface area contributed by atoms with Crippen LogP contribution in [0.2, 0.25) is 0 Å². The first-order valence-corrected chi connectivity index (χ1v) is 12.2. The van der Waals surface area contributed by atoms with Crippen molar-refractivity contribution in [3.05, 3.63) is 22.8 Å². The van der Waals surface area contributed by atoms with Crippen LogP contribution in [0.15, 0.2) is 22.8 Å². The number of rotatable bonds is 14. The van der Waals surface area contributed by atoms with Crippen LogP contribution < -0.4 is 0 Å². The molecular formula is C26H44O4. The van der Waals surface area contributed by atoms with Gasteiger partial charge >= 0.3 is 11.9 Å². The molecule has 0 radical (unpaired) electrons. The molecule has 0 aromatic carbocycles. The second-order valence-electron chi connectivity index (χ2n) is 8.77. The lowest BCUT2D eigenvalue weighted by molar-refractivity contribution is -0.143. The second-order valence-corrected chi connectivity index (χ2v) is 8.77. The lowest BCUT2D eigenvalue weighted by Gasteiger charge is -2.17. The van der Waals surface area contributed by atoms with Gasteiger partial charge in [0.2, 0.25) is 0 Å². The van der Waals surface area contributed by atoms with Gasteiger partial charge in [-0.3, -0.25) is 0 Å². The SMILES string of the molecule is CCCCC(CC)COC(=O)C1=C(C(=O)OCC(CC)CCCC)CCCC(C)=C1. The molecule has 0 N–H and O–H groups in total. The predicted molar refractivity (Wildman–Crippen MR) is 123 cm³/mol. The highest BCUT2D eigenvalue weighted by Crippen LogP contribution is 2.26. The summed E-state index contributed by atoms with van der Waals surface area (Å²) in [5.74, 6) is 0.0403. The summed E-state index contributed by atoms with van der Waals surface area (Å²) in [5, 5.41) is 0. The Hall–Kier alpha value is -1.58. The van der Waals surface area contributed by atoms with E-state index in [0.717, 1.165) is 69.8 Å². The molecule has 0 saturated carbocycles. The molecule has 0 fully saturated rings. The van der Waals surface area contributed by atoms with Crippen LogP contribution in [0.1, 0.15) is 105 Å². The van der Waals surface area contributed by atoms with Crippen molar-refractivity contribution < 1.29 is 19.1 Å². The van der Waals surface area contributed by atoms with Crippen molar-refractivity contribution in [2.75, 3.05) is 13.2 Å². The molecule has 0 spiro atoms. The van der Waals surface area contributed by atoms with Gasteiger partial charge in [-0.1, -0.05) is 71.8 Å². The molecule has 2 unspecified atom stereocenters. The first-order valence-electron chi connectivity index (χ1n) is 12.2. The van der Waals surface area contributed by atoms with E-state index in [1.54, 1.807) is 0 Å². The first-order chi connectivity index (χ1) is 14.5. The molecule has 30 heavy (non-hydrogen) atoms. The average Bonchev–Trinajstić information content (AvgIpc) is 2.95. The fraction of sp³-hybridized carbons (Fsp3) is 0.769. The third-order valence-corrected chi connectivity index (χ3v) is 6.17. The van der Waals surface area contributed by atoms with Crippen LogP contribution in [0, 0.1) is 11.8 Å². The van der Waals surface area contributed by atoms with Gasteiger partial charge in [-0.25, -0.2) is 9.59 Å². The molecule has 1 aliphatic rings. The topological polar surface area (TPSA) is 52.6 Å². The summed E-state index contributed by atoms with van der Waals surface area (Å²) < 4.78 is 11.3. The summed E-state index contributed by atoms with van der Waals surface area (Å²) in [6.07, 6.45) is 12.9. The normalized spacial score (nSPS) is 16.5. The van der Waals surface area contributed by atoms with E-state index in [-0.39, 0.29) is 11.9 Å². The minimum Gasteiger partial charge on any atom is -0.462 e. The lowest BCUT2D eigenvalue weighted by Crippen LogP contribution is -2.20. The number of hydrogen-bond donors (Lipinski definition) is 0. The third-order valence-electron chi connectivity index (χ3n) is 6.17. The van der Waals surface area contributed by atoms with E-state index < -0.39 is 0 Å². The standard InChI is InChI=1S/C26H44O4/c1-6-10-14-21(8-3)18-29-25(27)23-16-12-13-20(5)17-24(23)26(28)30-19-22(9-4)15-11-7-2/h17,21-22H,6-16,18-19H2,1-5H3. The fourth-order valence-electron chi connectivity index (χ4n) is 3.83. The van der Waals surface area contributed by atoms with E-state index in [1.807, 2.05) is 13.0 Å². The van der Waals surface area contributed by atoms with Gasteiger partial charge in [0, 0.05) is 0 Å². The summed E-state index contributed by atoms with van der Waals surface area (Å²) >= 11 is 0. The molecule has 0 bridgehead atoms. The van der Waals surface area contributed by atoms with Gasteiger partial charge in [-0.2, -0.15) is 0 Å². The second kappa shape index (κ2) is 15.3. The van der Waals surface area contributed by atoms with Gasteiger partial charge in [0.25, 0.3) is 0 Å². The van der Waals surface area contributed by atoms with Gasteiger partial charge in [0.15, 0.2) is 0 Å². The highest BCUT2D eigenvalue weighted by atomic mass is 16.5. The molecule has 0 heterocycles. The zero-order chi connectivity index (χ0) is 22.4. The zero-order valence-corrected chi connectivity index (χ0v) is 20.1. The predicted octanol–water partition coefficient (Wildman–Crippen LogP) is 6.93. The maximum Gasteiger partial charge on any atom is 0.338 e. The van der Waals surface area contributed by atoms with Crippen molar-refractivity contribution in [1.29, 1.82) is 0 Å². The van der Waals surface area contributed by atoms with Crippen LogP contribution in [0.5, 0.6) is 0 Å². The average molecular weight is 421 g/mol. The van der Waals surface area contributed by atoms with Crippen molar-refractivity contribution in [3.8, 4) is 0 Å². The number of carbonyl (C=O) groups is 2. The van der Waals surface area contributed by atoms with Gasteiger partial charge in [0.1, 0.15) is 0 Å². The first kappa shape index (κ1) is 26.5. The van der Waals surface area contributed by atoms with E-state index in [1.165, 1.54) is 0 Å². The number of allylic oxidation sites excluding steroid dienone is 1. The molecular weight excluding hydrogens is 376 g/mol. The van der Waals surface area contributed by atoms with Crippen LogP contribution in [-0.4, -0.2) is 25.2 Å². The quantitative estimate of drug-likeness (QED) is 0.286. The monoisotopic (exact) mass is 420 g/mol. The molecule has 0 aliphatic heterocycles. The van der Waals surface area contributed by atoms with E-state index in [2.05, 4.69) is 27.7 Å². The molecule has 172 valence electrons.